The molecule has 1 aromatic rings. The van der Waals surface area contributed by atoms with Gasteiger partial charge in [0.1, 0.15) is 18.2 Å². The fourth-order valence-electron chi connectivity index (χ4n) is 1.06. The summed E-state index contributed by atoms with van der Waals surface area (Å²) in [7, 11) is 0. The molecule has 8 nitrogen and oxygen atoms in total. The van der Waals surface area contributed by atoms with Gasteiger partial charge >= 0.3 is 0 Å². The Labute approximate surface area is 99.9 Å². The van der Waals surface area contributed by atoms with Crippen LogP contribution < -0.4 is 16.6 Å². The summed E-state index contributed by atoms with van der Waals surface area (Å²) in [5, 5.41) is 21.1. The fourth-order valence-corrected chi connectivity index (χ4v) is 1.06. The average molecular weight is 263 g/mol. The van der Waals surface area contributed by atoms with E-state index in [9.17, 15) is 18.9 Å². The molecule has 0 aliphatic carbocycles. The zero-order valence-corrected chi connectivity index (χ0v) is 9.06. The number of halogens is 2. The second-order valence-corrected chi connectivity index (χ2v) is 3.36. The van der Waals surface area contributed by atoms with Crippen molar-refractivity contribution in [1.29, 1.82) is 0 Å². The van der Waals surface area contributed by atoms with Crippen LogP contribution in [-0.2, 0) is 0 Å². The number of nitrogens with two attached hydrogens (primary N) is 1. The number of nitrogen functional groups attached to an aromatic ring is 1. The summed E-state index contributed by atoms with van der Waals surface area (Å²) in [6.45, 7) is -2.24. The summed E-state index contributed by atoms with van der Waals surface area (Å²) in [6, 6.07) is 2.03. The summed E-state index contributed by atoms with van der Waals surface area (Å²) in [5.74, 6) is 1.51. The van der Waals surface area contributed by atoms with Crippen molar-refractivity contribution in [2.75, 3.05) is 23.9 Å². The molecule has 0 atom stereocenters. The van der Waals surface area contributed by atoms with Gasteiger partial charge in [-0.1, -0.05) is 0 Å². The molecule has 5 N–H and O–H groups in total. The van der Waals surface area contributed by atoms with Crippen LogP contribution in [0.2, 0.25) is 0 Å². The van der Waals surface area contributed by atoms with E-state index in [4.69, 9.17) is 10.9 Å². The number of hydrogen-bond acceptors (Lipinski definition) is 7. The summed E-state index contributed by atoms with van der Waals surface area (Å²) in [5.41, 5.74) is 1.73. The summed E-state index contributed by atoms with van der Waals surface area (Å²) in [6.07, 6.45) is 0. The van der Waals surface area contributed by atoms with Gasteiger partial charge in [0, 0.05) is 0 Å². The van der Waals surface area contributed by atoms with Crippen LogP contribution in [0.4, 0.5) is 26.1 Å². The van der Waals surface area contributed by atoms with Crippen LogP contribution in [0.1, 0.15) is 0 Å². The molecule has 0 aliphatic rings. The van der Waals surface area contributed by atoms with E-state index in [1.54, 1.807) is 0 Å². The maximum absolute atomic E-state index is 12.8. The molecule has 100 valence electrons. The van der Waals surface area contributed by atoms with Crippen LogP contribution in [0.5, 0.6) is 0 Å². The maximum Gasteiger partial charge on any atom is 0.287 e. The molecule has 1 heterocycles. The highest BCUT2D eigenvalue weighted by Gasteiger charge is 2.27. The Morgan fingerprint density at radius 2 is 2.11 bits per heavy atom. The summed E-state index contributed by atoms with van der Waals surface area (Å²) >= 11 is 0. The van der Waals surface area contributed by atoms with Crippen molar-refractivity contribution < 1.29 is 18.8 Å². The van der Waals surface area contributed by atoms with Crippen molar-refractivity contribution in [3.63, 3.8) is 0 Å². The molecule has 0 radical (unpaired) electrons. The van der Waals surface area contributed by atoms with Gasteiger partial charge in [0.25, 0.3) is 11.6 Å². The molecule has 0 saturated heterocycles. The molecular formula is C8H11F2N5O3. The Morgan fingerprint density at radius 3 is 2.61 bits per heavy atom. The van der Waals surface area contributed by atoms with Crippen molar-refractivity contribution in [3.8, 4) is 0 Å². The van der Waals surface area contributed by atoms with Gasteiger partial charge in [0.05, 0.1) is 23.6 Å². The Kier molecular flexibility index (Phi) is 4.28. The van der Waals surface area contributed by atoms with Crippen LogP contribution >= 0.6 is 0 Å². The molecule has 0 aliphatic heterocycles. The predicted molar refractivity (Wildman–Crippen MR) is 59.2 cm³/mol. The molecule has 10 heteroatoms. The number of anilines is 2. The molecule has 1 rings (SSSR count). The minimum atomic E-state index is -3.34. The van der Waals surface area contributed by atoms with Gasteiger partial charge in [-0.25, -0.2) is 19.6 Å². The number of aliphatic hydroxyl groups is 1. The molecule has 0 saturated carbocycles. The second kappa shape index (κ2) is 5.51. The highest BCUT2D eigenvalue weighted by Crippen LogP contribution is 2.21. The van der Waals surface area contributed by atoms with Crippen molar-refractivity contribution in [2.24, 2.45) is 5.84 Å². The lowest BCUT2D eigenvalue weighted by Crippen LogP contribution is -2.31. The van der Waals surface area contributed by atoms with E-state index in [-0.39, 0.29) is 17.3 Å². The lowest BCUT2D eigenvalue weighted by molar-refractivity contribution is -0.384. The smallest absolute Gasteiger partial charge is 0.287 e. The molecular weight excluding hydrogens is 252 g/mol. The first-order chi connectivity index (χ1) is 8.38. The highest BCUT2D eigenvalue weighted by molar-refractivity contribution is 5.54. The summed E-state index contributed by atoms with van der Waals surface area (Å²) in [4.78, 5) is 13.6. The third-order valence-electron chi connectivity index (χ3n) is 1.93. The quantitative estimate of drug-likeness (QED) is 0.330. The van der Waals surface area contributed by atoms with Gasteiger partial charge in [-0.3, -0.25) is 10.1 Å². The van der Waals surface area contributed by atoms with Gasteiger partial charge in [0.15, 0.2) is 0 Å². The van der Waals surface area contributed by atoms with Crippen molar-refractivity contribution >= 4 is 17.3 Å². The Morgan fingerprint density at radius 1 is 1.50 bits per heavy atom. The van der Waals surface area contributed by atoms with Crippen molar-refractivity contribution in [2.45, 2.75) is 5.92 Å². The number of rotatable bonds is 6. The number of aromatic nitrogens is 1. The van der Waals surface area contributed by atoms with Crippen LogP contribution in [0.3, 0.4) is 0 Å². The molecule has 0 unspecified atom stereocenters. The topological polar surface area (TPSA) is 126 Å². The van der Waals surface area contributed by atoms with Crippen LogP contribution in [0.25, 0.3) is 0 Å². The number of alkyl halides is 2. The third-order valence-corrected chi connectivity index (χ3v) is 1.93. The predicted octanol–water partition coefficient (Wildman–Crippen LogP) is 0.315. The van der Waals surface area contributed by atoms with Crippen molar-refractivity contribution in [3.05, 3.63) is 22.2 Å². The number of hydrogen-bond donors (Lipinski definition) is 4. The van der Waals surface area contributed by atoms with E-state index in [0.29, 0.717) is 0 Å². The largest absolute Gasteiger partial charge is 0.390 e. The molecule has 0 amide bonds. The zero-order valence-electron chi connectivity index (χ0n) is 9.06. The molecule has 0 fully saturated rings. The van der Waals surface area contributed by atoms with Gasteiger partial charge < -0.3 is 15.8 Å². The van der Waals surface area contributed by atoms with E-state index in [2.05, 4.69) is 15.7 Å². The van der Waals surface area contributed by atoms with E-state index in [1.807, 2.05) is 0 Å². The van der Waals surface area contributed by atoms with Gasteiger partial charge in [0.2, 0.25) is 0 Å². The Hall–Kier alpha value is -2.07. The van der Waals surface area contributed by atoms with E-state index < -0.39 is 24.0 Å². The molecule has 18 heavy (non-hydrogen) atoms. The standard InChI is InChI=1S/C8H11F2N5O3/c9-8(10,4-16)3-12-6-1-5(15(17)18)2-7(13-6)14-11/h1-2,16H,3-4,11H2,(H2,12,13,14). The zero-order chi connectivity index (χ0) is 13.8. The minimum absolute atomic E-state index is 0.0426. The monoisotopic (exact) mass is 263 g/mol. The minimum Gasteiger partial charge on any atom is -0.390 e. The van der Waals surface area contributed by atoms with Crippen LogP contribution in [-0.4, -0.2) is 34.1 Å². The molecule has 0 aromatic carbocycles. The molecule has 0 spiro atoms. The lowest BCUT2D eigenvalue weighted by Gasteiger charge is -2.14. The van der Waals surface area contributed by atoms with Gasteiger partial charge in [-0.05, 0) is 0 Å². The van der Waals surface area contributed by atoms with Gasteiger partial charge in [-0.2, -0.15) is 0 Å². The molecule has 1 aromatic heterocycles. The van der Waals surface area contributed by atoms with Crippen LogP contribution in [0, 0.1) is 10.1 Å². The Bertz CT molecular complexity index is 443. The number of hydrazine groups is 1. The first-order valence-corrected chi connectivity index (χ1v) is 4.73. The number of pyridine rings is 1. The van der Waals surface area contributed by atoms with Crippen LogP contribution in [0.15, 0.2) is 12.1 Å². The number of aliphatic hydroxyl groups excluding tert-OH is 1. The van der Waals surface area contributed by atoms with Crippen molar-refractivity contribution in [1.82, 2.24) is 4.98 Å². The van der Waals surface area contributed by atoms with E-state index in [0.717, 1.165) is 12.1 Å². The second-order valence-electron chi connectivity index (χ2n) is 3.36. The van der Waals surface area contributed by atoms with E-state index >= 15 is 0 Å². The fraction of sp³-hybridized carbons (Fsp3) is 0.375. The summed E-state index contributed by atoms with van der Waals surface area (Å²) < 4.78 is 25.5. The number of nitrogens with zero attached hydrogens (tertiary/aromatic N) is 2. The first-order valence-electron chi connectivity index (χ1n) is 4.73. The highest BCUT2D eigenvalue weighted by atomic mass is 19.3. The maximum atomic E-state index is 12.8. The number of nitro groups is 1. The Balaban J connectivity index is 2.88. The van der Waals surface area contributed by atoms with E-state index in [1.165, 1.54) is 0 Å². The average Bonchev–Trinajstić information content (AvgIpc) is 2.36. The third kappa shape index (κ3) is 3.75. The number of nitrogens with one attached hydrogen (secondary N) is 2. The lowest BCUT2D eigenvalue weighted by atomic mass is 10.3. The van der Waals surface area contributed by atoms with Gasteiger partial charge in [-0.15, -0.1) is 0 Å². The normalized spacial score (nSPS) is 11.1. The SMILES string of the molecule is NNc1cc([N+](=O)[O-])cc(NCC(F)(F)CO)n1. The molecule has 0 bridgehead atoms. The first kappa shape index (κ1) is 14.0.